The van der Waals surface area contributed by atoms with Crippen molar-refractivity contribution in [3.63, 3.8) is 0 Å². The van der Waals surface area contributed by atoms with Crippen molar-refractivity contribution in [3.8, 4) is 0 Å². The van der Waals surface area contributed by atoms with Gasteiger partial charge in [-0.15, -0.1) is 0 Å². The van der Waals surface area contributed by atoms with Crippen LogP contribution in [0.4, 0.5) is 11.4 Å². The minimum atomic E-state index is -3.69. The molecule has 0 bridgehead atoms. The summed E-state index contributed by atoms with van der Waals surface area (Å²) in [5.41, 5.74) is 1.40. The summed E-state index contributed by atoms with van der Waals surface area (Å²) in [5, 5.41) is 2.98. The highest BCUT2D eigenvalue weighted by molar-refractivity contribution is 9.10. The van der Waals surface area contributed by atoms with Crippen LogP contribution in [0.2, 0.25) is 0 Å². The van der Waals surface area contributed by atoms with Gasteiger partial charge in [-0.2, -0.15) is 0 Å². The average Bonchev–Trinajstić information content (AvgIpc) is 2.69. The maximum absolute atomic E-state index is 13.2. The summed E-state index contributed by atoms with van der Waals surface area (Å²) in [6, 6.07) is 22.8. The average molecular weight is 485 g/mol. The Hall–Kier alpha value is -2.64. The molecule has 0 saturated heterocycles. The Bertz CT molecular complexity index is 1160. The molecule has 2 N–H and O–H groups in total. The van der Waals surface area contributed by atoms with Crippen LogP contribution in [-0.4, -0.2) is 14.3 Å². The van der Waals surface area contributed by atoms with E-state index < -0.39 is 15.4 Å². The molecule has 30 heavy (non-hydrogen) atoms. The van der Waals surface area contributed by atoms with E-state index in [1.54, 1.807) is 42.5 Å². The first-order valence-electron chi connectivity index (χ1n) is 9.65. The third kappa shape index (κ3) is 4.13. The van der Waals surface area contributed by atoms with Crippen LogP contribution in [0.3, 0.4) is 0 Å². The standard InChI is InChI=1S/C23H21BrN2O3S/c24-18-12-10-17(11-13-18)23(14-5-15-23)22(27)25-19-6-4-7-20(16-19)26-30(28,29)21-8-2-1-3-9-21/h1-4,6-13,16,26H,5,14-15H2,(H,25,27). The number of carbonyl (C=O) groups excluding carboxylic acids is 1. The van der Waals surface area contributed by atoms with Crippen molar-refractivity contribution in [2.24, 2.45) is 0 Å². The molecule has 3 aromatic carbocycles. The smallest absolute Gasteiger partial charge is 0.261 e. The number of rotatable bonds is 6. The summed E-state index contributed by atoms with van der Waals surface area (Å²) in [6.07, 6.45) is 2.59. The fourth-order valence-corrected chi connectivity index (χ4v) is 5.01. The first-order chi connectivity index (χ1) is 14.4. The molecule has 1 amide bonds. The summed E-state index contributed by atoms with van der Waals surface area (Å²) < 4.78 is 28.7. The monoisotopic (exact) mass is 484 g/mol. The largest absolute Gasteiger partial charge is 0.325 e. The molecule has 0 heterocycles. The van der Waals surface area contributed by atoms with Gasteiger partial charge in [-0.3, -0.25) is 9.52 Å². The van der Waals surface area contributed by atoms with Crippen molar-refractivity contribution in [1.82, 2.24) is 0 Å². The van der Waals surface area contributed by atoms with E-state index in [1.165, 1.54) is 12.1 Å². The molecular weight excluding hydrogens is 464 g/mol. The van der Waals surface area contributed by atoms with Crippen molar-refractivity contribution >= 4 is 43.2 Å². The highest BCUT2D eigenvalue weighted by atomic mass is 79.9. The Morgan fingerprint density at radius 3 is 2.17 bits per heavy atom. The van der Waals surface area contributed by atoms with E-state index in [4.69, 9.17) is 0 Å². The molecule has 4 rings (SSSR count). The molecule has 0 spiro atoms. The summed E-state index contributed by atoms with van der Waals surface area (Å²) in [7, 11) is -3.69. The summed E-state index contributed by atoms with van der Waals surface area (Å²) >= 11 is 3.44. The quantitative estimate of drug-likeness (QED) is 0.497. The number of halogens is 1. The van der Waals surface area contributed by atoms with Crippen molar-refractivity contribution in [1.29, 1.82) is 0 Å². The van der Waals surface area contributed by atoms with E-state index in [0.29, 0.717) is 11.4 Å². The lowest BCUT2D eigenvalue weighted by Crippen LogP contribution is -2.46. The van der Waals surface area contributed by atoms with Crippen LogP contribution < -0.4 is 10.0 Å². The molecule has 0 aromatic heterocycles. The molecule has 5 nitrogen and oxygen atoms in total. The van der Waals surface area contributed by atoms with Crippen molar-refractivity contribution in [2.45, 2.75) is 29.6 Å². The Labute approximate surface area is 184 Å². The predicted octanol–water partition coefficient (Wildman–Crippen LogP) is 5.31. The number of carbonyl (C=O) groups is 1. The molecular formula is C23H21BrN2O3S. The van der Waals surface area contributed by atoms with Crippen LogP contribution in [0, 0.1) is 0 Å². The number of anilines is 2. The van der Waals surface area contributed by atoms with Crippen LogP contribution in [0.15, 0.2) is 88.2 Å². The zero-order chi connectivity index (χ0) is 21.2. The zero-order valence-electron chi connectivity index (χ0n) is 16.1. The SMILES string of the molecule is O=C(Nc1cccc(NS(=O)(=O)c2ccccc2)c1)C1(c2ccc(Br)cc2)CCC1. The second kappa shape index (κ2) is 8.24. The first kappa shape index (κ1) is 20.6. The highest BCUT2D eigenvalue weighted by Gasteiger charge is 2.45. The number of hydrogen-bond acceptors (Lipinski definition) is 3. The van der Waals surface area contributed by atoms with Crippen LogP contribution in [-0.2, 0) is 20.2 Å². The Morgan fingerprint density at radius 2 is 1.53 bits per heavy atom. The molecule has 3 aromatic rings. The van der Waals surface area contributed by atoms with Crippen LogP contribution >= 0.6 is 15.9 Å². The third-order valence-corrected chi connectivity index (χ3v) is 7.39. The minimum absolute atomic E-state index is 0.0702. The lowest BCUT2D eigenvalue weighted by atomic mass is 9.64. The number of nitrogens with one attached hydrogen (secondary N) is 2. The Morgan fingerprint density at radius 1 is 0.867 bits per heavy atom. The van der Waals surface area contributed by atoms with Gasteiger partial charge in [-0.25, -0.2) is 8.42 Å². The molecule has 0 radical (unpaired) electrons. The predicted molar refractivity (Wildman–Crippen MR) is 122 cm³/mol. The van der Waals surface area contributed by atoms with Gasteiger partial charge in [0.25, 0.3) is 10.0 Å². The van der Waals surface area contributed by atoms with Crippen molar-refractivity contribution in [3.05, 3.63) is 88.9 Å². The molecule has 0 atom stereocenters. The number of amides is 1. The third-order valence-electron chi connectivity index (χ3n) is 5.46. The van der Waals surface area contributed by atoms with E-state index >= 15 is 0 Å². The summed E-state index contributed by atoms with van der Waals surface area (Å²) in [6.45, 7) is 0. The minimum Gasteiger partial charge on any atom is -0.325 e. The summed E-state index contributed by atoms with van der Waals surface area (Å²) in [4.78, 5) is 13.3. The number of benzene rings is 3. The molecule has 7 heteroatoms. The zero-order valence-corrected chi connectivity index (χ0v) is 18.5. The van der Waals surface area contributed by atoms with Gasteiger partial charge in [0, 0.05) is 10.2 Å². The fourth-order valence-electron chi connectivity index (χ4n) is 3.67. The molecule has 154 valence electrons. The van der Waals surface area contributed by atoms with Crippen molar-refractivity contribution in [2.75, 3.05) is 10.0 Å². The fraction of sp³-hybridized carbons (Fsp3) is 0.174. The van der Waals surface area contributed by atoms with E-state index in [-0.39, 0.29) is 10.8 Å². The summed E-state index contributed by atoms with van der Waals surface area (Å²) in [5.74, 6) is -0.0702. The Kier molecular flexibility index (Phi) is 5.66. The van der Waals surface area contributed by atoms with Gasteiger partial charge in [0.2, 0.25) is 5.91 Å². The van der Waals surface area contributed by atoms with Crippen LogP contribution in [0.25, 0.3) is 0 Å². The maximum atomic E-state index is 13.2. The maximum Gasteiger partial charge on any atom is 0.261 e. The molecule has 1 saturated carbocycles. The van der Waals surface area contributed by atoms with Crippen LogP contribution in [0.1, 0.15) is 24.8 Å². The van der Waals surface area contributed by atoms with E-state index in [2.05, 4.69) is 26.0 Å². The second-order valence-electron chi connectivity index (χ2n) is 7.40. The molecule has 0 aliphatic heterocycles. The lowest BCUT2D eigenvalue weighted by Gasteiger charge is -2.40. The topological polar surface area (TPSA) is 75.3 Å². The molecule has 1 aliphatic rings. The van der Waals surface area contributed by atoms with Crippen molar-refractivity contribution < 1.29 is 13.2 Å². The lowest BCUT2D eigenvalue weighted by molar-refractivity contribution is -0.124. The van der Waals surface area contributed by atoms with Gasteiger partial charge in [0.1, 0.15) is 0 Å². The van der Waals surface area contributed by atoms with Gasteiger partial charge in [0.15, 0.2) is 0 Å². The molecule has 1 aliphatic carbocycles. The second-order valence-corrected chi connectivity index (χ2v) is 9.99. The molecule has 1 fully saturated rings. The van der Waals surface area contributed by atoms with E-state index in [1.807, 2.05) is 24.3 Å². The van der Waals surface area contributed by atoms with Gasteiger partial charge in [-0.1, -0.05) is 58.7 Å². The van der Waals surface area contributed by atoms with Crippen LogP contribution in [0.5, 0.6) is 0 Å². The van der Waals surface area contributed by atoms with Gasteiger partial charge >= 0.3 is 0 Å². The highest BCUT2D eigenvalue weighted by Crippen LogP contribution is 2.45. The number of sulfonamides is 1. The van der Waals surface area contributed by atoms with Gasteiger partial charge in [-0.05, 0) is 60.9 Å². The molecule has 0 unspecified atom stereocenters. The van der Waals surface area contributed by atoms with Gasteiger partial charge in [0.05, 0.1) is 16.0 Å². The first-order valence-corrected chi connectivity index (χ1v) is 11.9. The van der Waals surface area contributed by atoms with E-state index in [9.17, 15) is 13.2 Å². The van der Waals surface area contributed by atoms with E-state index in [0.717, 1.165) is 29.3 Å². The van der Waals surface area contributed by atoms with Gasteiger partial charge < -0.3 is 5.32 Å². The number of hydrogen-bond donors (Lipinski definition) is 2. The Balaban J connectivity index is 1.53. The normalized spacial score (nSPS) is 15.1.